The third kappa shape index (κ3) is 3.76. The van der Waals surface area contributed by atoms with Gasteiger partial charge in [0, 0.05) is 18.2 Å². The van der Waals surface area contributed by atoms with Gasteiger partial charge in [0.1, 0.15) is 23.0 Å². The van der Waals surface area contributed by atoms with Crippen molar-refractivity contribution < 1.29 is 18.7 Å². The molecule has 0 bridgehead atoms. The first kappa shape index (κ1) is 18.4. The summed E-state index contributed by atoms with van der Waals surface area (Å²) < 4.78 is 25.9. The van der Waals surface area contributed by atoms with E-state index in [1.807, 2.05) is 6.07 Å². The summed E-state index contributed by atoms with van der Waals surface area (Å²) in [6.07, 6.45) is 1.43. The van der Waals surface area contributed by atoms with Gasteiger partial charge in [-0.05, 0) is 31.2 Å². The largest absolute Gasteiger partial charge is 0.497 e. The molecule has 0 unspecified atom stereocenters. The predicted molar refractivity (Wildman–Crippen MR) is 99.0 cm³/mol. The number of aromatic nitrogens is 2. The fourth-order valence-corrected chi connectivity index (χ4v) is 2.77. The van der Waals surface area contributed by atoms with Gasteiger partial charge in [-0.2, -0.15) is 5.10 Å². The summed E-state index contributed by atoms with van der Waals surface area (Å²) in [5.41, 5.74) is 2.04. The van der Waals surface area contributed by atoms with E-state index in [1.54, 1.807) is 51.5 Å². The van der Waals surface area contributed by atoms with Crippen LogP contribution in [0.4, 0.5) is 4.39 Å². The van der Waals surface area contributed by atoms with Crippen molar-refractivity contribution in [1.82, 2.24) is 15.1 Å². The molecule has 0 atom stereocenters. The number of halogens is 1. The van der Waals surface area contributed by atoms with Crippen molar-refractivity contribution in [3.63, 3.8) is 0 Å². The maximum atomic E-state index is 14.0. The molecule has 2 aromatic carbocycles. The summed E-state index contributed by atoms with van der Waals surface area (Å²) in [6, 6.07) is 11.7. The number of benzene rings is 2. The van der Waals surface area contributed by atoms with Crippen LogP contribution in [0.3, 0.4) is 0 Å². The van der Waals surface area contributed by atoms with Gasteiger partial charge in [0.05, 0.1) is 31.7 Å². The van der Waals surface area contributed by atoms with Crippen LogP contribution in [0, 0.1) is 12.7 Å². The van der Waals surface area contributed by atoms with Gasteiger partial charge in [0.25, 0.3) is 5.91 Å². The van der Waals surface area contributed by atoms with Crippen molar-refractivity contribution in [3.05, 3.63) is 71.3 Å². The monoisotopic (exact) mass is 369 g/mol. The molecule has 0 saturated heterocycles. The molecule has 0 aliphatic rings. The van der Waals surface area contributed by atoms with E-state index in [4.69, 9.17) is 9.47 Å². The average molecular weight is 369 g/mol. The number of methoxy groups -OCH3 is 2. The van der Waals surface area contributed by atoms with Gasteiger partial charge in [-0.25, -0.2) is 9.07 Å². The fourth-order valence-electron chi connectivity index (χ4n) is 2.77. The van der Waals surface area contributed by atoms with Gasteiger partial charge in [-0.3, -0.25) is 4.79 Å². The van der Waals surface area contributed by atoms with Crippen molar-refractivity contribution >= 4 is 5.91 Å². The highest BCUT2D eigenvalue weighted by molar-refractivity contribution is 5.95. The number of carbonyl (C=O) groups excluding carboxylic acids is 1. The Morgan fingerprint density at radius 3 is 2.67 bits per heavy atom. The summed E-state index contributed by atoms with van der Waals surface area (Å²) in [7, 11) is 3.13. The van der Waals surface area contributed by atoms with Crippen LogP contribution in [-0.2, 0) is 6.54 Å². The highest BCUT2D eigenvalue weighted by atomic mass is 19.1. The van der Waals surface area contributed by atoms with Crippen molar-refractivity contribution in [3.8, 4) is 17.2 Å². The second kappa shape index (κ2) is 7.90. The highest BCUT2D eigenvalue weighted by Gasteiger charge is 2.17. The number of ether oxygens (including phenoxy) is 2. The zero-order valence-electron chi connectivity index (χ0n) is 15.3. The molecule has 0 fully saturated rings. The van der Waals surface area contributed by atoms with Crippen molar-refractivity contribution in [1.29, 1.82) is 0 Å². The minimum atomic E-state index is -0.404. The summed E-state index contributed by atoms with van der Waals surface area (Å²) in [4.78, 5) is 12.6. The average Bonchev–Trinajstić information content (AvgIpc) is 3.07. The quantitative estimate of drug-likeness (QED) is 0.724. The zero-order valence-corrected chi connectivity index (χ0v) is 15.3. The maximum Gasteiger partial charge on any atom is 0.255 e. The Kier molecular flexibility index (Phi) is 5.40. The molecule has 1 amide bonds. The lowest BCUT2D eigenvalue weighted by Crippen LogP contribution is -2.23. The number of amides is 1. The molecule has 3 aromatic rings. The molecule has 1 N–H and O–H groups in total. The molecular weight excluding hydrogens is 349 g/mol. The highest BCUT2D eigenvalue weighted by Crippen LogP contribution is 2.24. The maximum absolute atomic E-state index is 14.0. The second-order valence-electron chi connectivity index (χ2n) is 5.87. The molecule has 1 heterocycles. The number of nitrogens with zero attached hydrogens (tertiary/aromatic N) is 2. The van der Waals surface area contributed by atoms with E-state index in [0.717, 1.165) is 5.56 Å². The number of rotatable bonds is 6. The summed E-state index contributed by atoms with van der Waals surface area (Å²) in [6.45, 7) is 2.00. The third-order valence-corrected chi connectivity index (χ3v) is 4.27. The molecule has 0 aliphatic heterocycles. The Hall–Kier alpha value is -3.35. The van der Waals surface area contributed by atoms with Gasteiger partial charge in [-0.1, -0.05) is 12.1 Å². The van der Waals surface area contributed by atoms with Crippen LogP contribution in [0.25, 0.3) is 5.69 Å². The molecule has 27 heavy (non-hydrogen) atoms. The van der Waals surface area contributed by atoms with Crippen LogP contribution in [0.5, 0.6) is 11.5 Å². The van der Waals surface area contributed by atoms with Crippen LogP contribution >= 0.6 is 0 Å². The molecule has 0 spiro atoms. The van der Waals surface area contributed by atoms with Crippen LogP contribution in [-0.4, -0.2) is 29.9 Å². The Labute approximate surface area is 156 Å². The van der Waals surface area contributed by atoms with Gasteiger partial charge < -0.3 is 14.8 Å². The number of nitrogens with one attached hydrogen (secondary N) is 1. The lowest BCUT2D eigenvalue weighted by molar-refractivity contribution is 0.0950. The van der Waals surface area contributed by atoms with Gasteiger partial charge in [0.15, 0.2) is 0 Å². The van der Waals surface area contributed by atoms with Gasteiger partial charge in [-0.15, -0.1) is 0 Å². The molecule has 7 heteroatoms. The molecular formula is C20H20FN3O3. The predicted octanol–water partition coefficient (Wildman–Crippen LogP) is 3.27. The topological polar surface area (TPSA) is 65.4 Å². The van der Waals surface area contributed by atoms with Crippen LogP contribution in [0.15, 0.2) is 48.7 Å². The van der Waals surface area contributed by atoms with E-state index >= 15 is 0 Å². The van der Waals surface area contributed by atoms with Crippen molar-refractivity contribution in [2.45, 2.75) is 13.5 Å². The van der Waals surface area contributed by atoms with E-state index in [9.17, 15) is 9.18 Å². The normalized spacial score (nSPS) is 10.5. The zero-order chi connectivity index (χ0) is 19.4. The molecule has 0 saturated carbocycles. The second-order valence-corrected chi connectivity index (χ2v) is 5.87. The molecule has 0 radical (unpaired) electrons. The minimum absolute atomic E-state index is 0.274. The SMILES string of the molecule is COc1ccc(CNC(=O)c2cnn(-c3ccccc3F)c2C)c(OC)c1. The van der Waals surface area contributed by atoms with E-state index in [1.165, 1.54) is 16.9 Å². The molecule has 3 rings (SSSR count). The first-order valence-electron chi connectivity index (χ1n) is 8.33. The Morgan fingerprint density at radius 1 is 1.19 bits per heavy atom. The number of hydrogen-bond acceptors (Lipinski definition) is 4. The lowest BCUT2D eigenvalue weighted by Gasteiger charge is -2.11. The first-order valence-corrected chi connectivity index (χ1v) is 8.33. The third-order valence-electron chi connectivity index (χ3n) is 4.27. The summed E-state index contributed by atoms with van der Waals surface area (Å²) in [5.74, 6) is 0.587. The standard InChI is InChI=1S/C20H20FN3O3/c1-13-16(12-23-24(13)18-7-5-4-6-17(18)21)20(25)22-11-14-8-9-15(26-2)10-19(14)27-3/h4-10,12H,11H2,1-3H3,(H,22,25). The fraction of sp³-hybridized carbons (Fsp3) is 0.200. The van der Waals surface area contributed by atoms with Crippen LogP contribution in [0.1, 0.15) is 21.6 Å². The number of hydrogen-bond donors (Lipinski definition) is 1. The van der Waals surface area contributed by atoms with Gasteiger partial charge >= 0.3 is 0 Å². The summed E-state index contributed by atoms with van der Waals surface area (Å²) in [5, 5.41) is 6.99. The van der Waals surface area contributed by atoms with Crippen molar-refractivity contribution in [2.75, 3.05) is 14.2 Å². The molecule has 1 aromatic heterocycles. The van der Waals surface area contributed by atoms with E-state index < -0.39 is 5.82 Å². The van der Waals surface area contributed by atoms with E-state index in [0.29, 0.717) is 28.4 Å². The molecule has 0 aliphatic carbocycles. The summed E-state index contributed by atoms with van der Waals surface area (Å²) >= 11 is 0. The first-order chi connectivity index (χ1) is 13.0. The molecule has 140 valence electrons. The number of para-hydroxylation sites is 1. The van der Waals surface area contributed by atoms with Gasteiger partial charge in [0.2, 0.25) is 0 Å². The van der Waals surface area contributed by atoms with E-state index in [-0.39, 0.29) is 12.5 Å². The lowest BCUT2D eigenvalue weighted by atomic mass is 10.1. The van der Waals surface area contributed by atoms with Crippen LogP contribution in [0.2, 0.25) is 0 Å². The number of carbonyl (C=O) groups is 1. The van der Waals surface area contributed by atoms with E-state index in [2.05, 4.69) is 10.4 Å². The Bertz CT molecular complexity index is 969. The van der Waals surface area contributed by atoms with Crippen molar-refractivity contribution in [2.24, 2.45) is 0 Å². The Morgan fingerprint density at radius 2 is 1.96 bits per heavy atom. The minimum Gasteiger partial charge on any atom is -0.497 e. The molecule has 6 nitrogen and oxygen atoms in total. The smallest absolute Gasteiger partial charge is 0.255 e. The van der Waals surface area contributed by atoms with Crippen LogP contribution < -0.4 is 14.8 Å². The Balaban J connectivity index is 1.77.